The van der Waals surface area contributed by atoms with Crippen LogP contribution in [0, 0.1) is 12.8 Å². The van der Waals surface area contributed by atoms with Gasteiger partial charge in [-0.15, -0.1) is 0 Å². The summed E-state index contributed by atoms with van der Waals surface area (Å²) in [5.74, 6) is 0.188. The average Bonchev–Trinajstić information content (AvgIpc) is 3.25. The van der Waals surface area contributed by atoms with Crippen LogP contribution >= 0.6 is 0 Å². The molecular weight excluding hydrogens is 455 g/mol. The van der Waals surface area contributed by atoms with E-state index in [0.717, 1.165) is 42.5 Å². The minimum absolute atomic E-state index is 0.129. The Morgan fingerprint density at radius 1 is 1.11 bits per heavy atom. The summed E-state index contributed by atoms with van der Waals surface area (Å²) in [4.78, 5) is 23.2. The molecule has 1 fully saturated rings. The molecular formula is C26H28F3N5O. The summed E-state index contributed by atoms with van der Waals surface area (Å²) in [5, 5.41) is 2.73. The molecule has 0 radical (unpaired) electrons. The van der Waals surface area contributed by atoms with Crippen LogP contribution in [-0.2, 0) is 6.18 Å². The Balaban J connectivity index is 1.67. The number of aryl methyl sites for hydroxylation is 1. The number of alkyl halides is 3. The molecule has 1 heterocycles. The summed E-state index contributed by atoms with van der Waals surface area (Å²) >= 11 is 0. The van der Waals surface area contributed by atoms with E-state index in [4.69, 9.17) is 5.73 Å². The number of aromatic nitrogens is 2. The van der Waals surface area contributed by atoms with E-state index in [1.165, 1.54) is 6.07 Å². The molecule has 2 unspecified atom stereocenters. The number of hydrogen-bond donors (Lipinski definition) is 2. The Hall–Kier alpha value is -3.62. The first-order valence-corrected chi connectivity index (χ1v) is 11.5. The summed E-state index contributed by atoms with van der Waals surface area (Å²) in [5.41, 5.74) is 8.07. The van der Waals surface area contributed by atoms with Crippen LogP contribution in [0.5, 0.6) is 0 Å². The van der Waals surface area contributed by atoms with Crippen molar-refractivity contribution in [1.82, 2.24) is 9.97 Å². The molecule has 3 N–H and O–H groups in total. The van der Waals surface area contributed by atoms with Gasteiger partial charge in [-0.3, -0.25) is 4.79 Å². The largest absolute Gasteiger partial charge is 0.416 e. The van der Waals surface area contributed by atoms with E-state index in [1.807, 2.05) is 18.9 Å². The third kappa shape index (κ3) is 5.39. The highest BCUT2D eigenvalue weighted by Crippen LogP contribution is 2.38. The van der Waals surface area contributed by atoms with Gasteiger partial charge < -0.3 is 16.0 Å². The minimum atomic E-state index is -4.52. The highest BCUT2D eigenvalue weighted by molar-refractivity contribution is 6.06. The van der Waals surface area contributed by atoms with Crippen molar-refractivity contribution >= 4 is 23.2 Å². The second-order valence-corrected chi connectivity index (χ2v) is 9.23. The zero-order valence-electron chi connectivity index (χ0n) is 19.9. The van der Waals surface area contributed by atoms with Crippen molar-refractivity contribution in [1.29, 1.82) is 0 Å². The molecule has 0 aliphatic heterocycles. The molecule has 1 aromatic heterocycles. The van der Waals surface area contributed by atoms with Crippen LogP contribution in [0.4, 0.5) is 30.5 Å². The Morgan fingerprint density at radius 3 is 2.46 bits per heavy atom. The quantitative estimate of drug-likeness (QED) is 0.470. The third-order valence-electron chi connectivity index (χ3n) is 6.65. The average molecular weight is 484 g/mol. The Bertz CT molecular complexity index is 1230. The van der Waals surface area contributed by atoms with E-state index >= 15 is 0 Å². The molecule has 35 heavy (non-hydrogen) atoms. The lowest BCUT2D eigenvalue weighted by atomic mass is 10.00. The molecule has 0 spiro atoms. The summed E-state index contributed by atoms with van der Waals surface area (Å²) < 4.78 is 40.4. The number of nitrogen functional groups attached to an aromatic ring is 1. The number of carbonyl (C=O) groups is 1. The third-order valence-corrected chi connectivity index (χ3v) is 6.65. The monoisotopic (exact) mass is 483 g/mol. The van der Waals surface area contributed by atoms with Gasteiger partial charge in [-0.25, -0.2) is 9.97 Å². The van der Waals surface area contributed by atoms with Gasteiger partial charge in [0.15, 0.2) is 0 Å². The number of amides is 1. The van der Waals surface area contributed by atoms with Gasteiger partial charge >= 0.3 is 6.18 Å². The number of nitrogens with two attached hydrogens (primary N) is 1. The highest BCUT2D eigenvalue weighted by atomic mass is 19.4. The van der Waals surface area contributed by atoms with E-state index in [2.05, 4.69) is 22.2 Å². The van der Waals surface area contributed by atoms with Crippen molar-refractivity contribution in [3.05, 3.63) is 65.5 Å². The first-order valence-electron chi connectivity index (χ1n) is 11.5. The Labute approximate surface area is 202 Å². The Kier molecular flexibility index (Phi) is 6.69. The molecule has 2 aromatic carbocycles. The normalized spacial score (nSPS) is 17.9. The van der Waals surface area contributed by atoms with Crippen LogP contribution < -0.4 is 16.0 Å². The van der Waals surface area contributed by atoms with Gasteiger partial charge in [0, 0.05) is 36.6 Å². The first-order chi connectivity index (χ1) is 16.5. The van der Waals surface area contributed by atoms with Gasteiger partial charge in [-0.2, -0.15) is 13.2 Å². The van der Waals surface area contributed by atoms with E-state index < -0.39 is 17.6 Å². The van der Waals surface area contributed by atoms with Crippen molar-refractivity contribution in [2.24, 2.45) is 5.92 Å². The van der Waals surface area contributed by atoms with E-state index in [0.29, 0.717) is 22.7 Å². The second-order valence-electron chi connectivity index (χ2n) is 9.23. The smallest absolute Gasteiger partial charge is 0.370 e. The maximum atomic E-state index is 13.5. The molecule has 4 rings (SSSR count). The number of anilines is 3. The molecule has 1 saturated carbocycles. The fraction of sp³-hybridized carbons (Fsp3) is 0.346. The zero-order chi connectivity index (χ0) is 25.3. The van der Waals surface area contributed by atoms with Gasteiger partial charge in [0.1, 0.15) is 0 Å². The molecule has 3 aromatic rings. The second kappa shape index (κ2) is 9.56. The van der Waals surface area contributed by atoms with Crippen LogP contribution in [0.25, 0.3) is 11.1 Å². The molecule has 6 nitrogen and oxygen atoms in total. The number of carbonyl (C=O) groups excluding carboxylic acids is 1. The number of halogens is 3. The van der Waals surface area contributed by atoms with Crippen LogP contribution in [0.3, 0.4) is 0 Å². The van der Waals surface area contributed by atoms with Gasteiger partial charge in [-0.05, 0) is 73.6 Å². The highest BCUT2D eigenvalue weighted by Gasteiger charge is 2.33. The lowest BCUT2D eigenvalue weighted by Crippen LogP contribution is -2.30. The first kappa shape index (κ1) is 24.5. The summed E-state index contributed by atoms with van der Waals surface area (Å²) in [6.45, 7) is 4.06. The molecule has 1 aliphatic carbocycles. The molecule has 0 bridgehead atoms. The maximum absolute atomic E-state index is 13.5. The Morgan fingerprint density at radius 2 is 1.83 bits per heavy atom. The summed E-state index contributed by atoms with van der Waals surface area (Å²) in [7, 11) is 1.87. The number of nitrogens with zero attached hydrogens (tertiary/aromatic N) is 3. The van der Waals surface area contributed by atoms with E-state index in [-0.39, 0.29) is 17.7 Å². The number of benzene rings is 2. The summed E-state index contributed by atoms with van der Waals surface area (Å²) in [6, 6.07) is 8.80. The number of hydrogen-bond acceptors (Lipinski definition) is 5. The van der Waals surface area contributed by atoms with Crippen LogP contribution in [0.1, 0.15) is 47.7 Å². The predicted molar refractivity (Wildman–Crippen MR) is 131 cm³/mol. The van der Waals surface area contributed by atoms with Crippen molar-refractivity contribution in [3.8, 4) is 11.1 Å². The molecule has 184 valence electrons. The van der Waals surface area contributed by atoms with Crippen molar-refractivity contribution in [2.45, 2.75) is 45.3 Å². The molecule has 0 saturated heterocycles. The van der Waals surface area contributed by atoms with Crippen molar-refractivity contribution in [3.63, 3.8) is 0 Å². The van der Waals surface area contributed by atoms with Gasteiger partial charge in [0.25, 0.3) is 5.91 Å². The number of nitrogens with one attached hydrogen (secondary N) is 1. The molecule has 1 amide bonds. The lowest BCUT2D eigenvalue weighted by Gasteiger charge is -2.29. The van der Waals surface area contributed by atoms with Crippen LogP contribution in [0.15, 0.2) is 48.8 Å². The topological polar surface area (TPSA) is 84.1 Å². The fourth-order valence-corrected chi connectivity index (χ4v) is 4.59. The molecule has 1 aliphatic rings. The molecule has 9 heteroatoms. The van der Waals surface area contributed by atoms with E-state index in [1.54, 1.807) is 30.6 Å². The van der Waals surface area contributed by atoms with Gasteiger partial charge in [-0.1, -0.05) is 13.0 Å². The zero-order valence-corrected chi connectivity index (χ0v) is 19.9. The number of rotatable bonds is 5. The maximum Gasteiger partial charge on any atom is 0.416 e. The van der Waals surface area contributed by atoms with Crippen LogP contribution in [-0.4, -0.2) is 29.0 Å². The fourth-order valence-electron chi connectivity index (χ4n) is 4.59. The minimum Gasteiger partial charge on any atom is -0.370 e. The predicted octanol–water partition coefficient (Wildman–Crippen LogP) is 5.93. The lowest BCUT2D eigenvalue weighted by molar-refractivity contribution is -0.137. The SMILES string of the molecule is Cc1ccc(C(=O)Nc2cc(C(F)(F)F)ccc2N(C)C2CCC(C)C2)cc1-c1cnc(N)nc1. The molecule has 2 atom stereocenters. The van der Waals surface area contributed by atoms with E-state index in [9.17, 15) is 18.0 Å². The van der Waals surface area contributed by atoms with Crippen LogP contribution in [0.2, 0.25) is 0 Å². The summed E-state index contributed by atoms with van der Waals surface area (Å²) in [6.07, 6.45) is 1.58. The van der Waals surface area contributed by atoms with Crippen molar-refractivity contribution in [2.75, 3.05) is 23.0 Å². The van der Waals surface area contributed by atoms with Crippen molar-refractivity contribution < 1.29 is 18.0 Å². The van der Waals surface area contributed by atoms with Gasteiger partial charge in [0.05, 0.1) is 16.9 Å². The van der Waals surface area contributed by atoms with Gasteiger partial charge in [0.2, 0.25) is 5.95 Å². The standard InChI is InChI=1S/C26H28F3N5O/c1-15-4-8-20(10-15)34(3)23-9-7-19(26(27,28)29)12-22(23)33-24(35)17-6-5-16(2)21(11-17)18-13-31-25(30)32-14-18/h5-7,9,11-15,20H,4,8,10H2,1-3H3,(H,33,35)(H2,30,31,32).